The van der Waals surface area contributed by atoms with E-state index in [1.54, 1.807) is 0 Å². The van der Waals surface area contributed by atoms with Crippen molar-refractivity contribution in [3.63, 3.8) is 0 Å². The molecule has 0 bridgehead atoms. The van der Waals surface area contributed by atoms with Gasteiger partial charge in [-0.05, 0) is 24.6 Å². The predicted molar refractivity (Wildman–Crippen MR) is 78.6 cm³/mol. The second-order valence-electron chi connectivity index (χ2n) is 3.86. The largest absolute Gasteiger partial charge is 0.460 e. The summed E-state index contributed by atoms with van der Waals surface area (Å²) in [4.78, 5) is 11.6. The average Bonchev–Trinajstić information content (AvgIpc) is 2.36. The number of carbonyl (C=O) groups is 1. The van der Waals surface area contributed by atoms with E-state index in [0.29, 0.717) is 17.7 Å². The number of hydrogen-bond donors (Lipinski definition) is 0. The lowest BCUT2D eigenvalue weighted by Crippen LogP contribution is -2.11. The Morgan fingerprint density at radius 1 is 1.25 bits per heavy atom. The SMILES string of the molecule is CCCOCCOC(=O)c1cc(Br)cc(S(=O)(=O)Cl)c1. The first kappa shape index (κ1) is 17.4. The highest BCUT2D eigenvalue weighted by atomic mass is 79.9. The topological polar surface area (TPSA) is 69.7 Å². The van der Waals surface area contributed by atoms with Gasteiger partial charge in [-0.25, -0.2) is 13.2 Å². The molecule has 0 atom stereocenters. The lowest BCUT2D eigenvalue weighted by molar-refractivity contribution is 0.0318. The first-order valence-electron chi connectivity index (χ1n) is 5.84. The number of rotatable bonds is 7. The van der Waals surface area contributed by atoms with Crippen LogP contribution in [0.2, 0.25) is 0 Å². The van der Waals surface area contributed by atoms with Crippen molar-refractivity contribution in [3.8, 4) is 0 Å². The Balaban J connectivity index is 2.71. The van der Waals surface area contributed by atoms with Crippen molar-refractivity contribution < 1.29 is 22.7 Å². The first-order chi connectivity index (χ1) is 9.34. The van der Waals surface area contributed by atoms with Crippen LogP contribution in [0.4, 0.5) is 0 Å². The fourth-order valence-corrected chi connectivity index (χ4v) is 2.79. The van der Waals surface area contributed by atoms with Gasteiger partial charge in [-0.3, -0.25) is 0 Å². The van der Waals surface area contributed by atoms with Crippen LogP contribution in [0, 0.1) is 0 Å². The van der Waals surface area contributed by atoms with E-state index in [2.05, 4.69) is 15.9 Å². The molecule has 20 heavy (non-hydrogen) atoms. The summed E-state index contributed by atoms with van der Waals surface area (Å²) in [5.74, 6) is -0.632. The molecule has 0 aromatic heterocycles. The summed E-state index contributed by atoms with van der Waals surface area (Å²) in [5, 5.41) is 0. The Labute approximate surface area is 130 Å². The van der Waals surface area contributed by atoms with Crippen molar-refractivity contribution in [2.45, 2.75) is 18.2 Å². The van der Waals surface area contributed by atoms with Crippen LogP contribution in [-0.4, -0.2) is 34.2 Å². The lowest BCUT2D eigenvalue weighted by atomic mass is 10.2. The van der Waals surface area contributed by atoms with Gasteiger partial charge in [0, 0.05) is 21.8 Å². The molecule has 1 aromatic rings. The number of benzene rings is 1. The molecule has 0 aliphatic rings. The van der Waals surface area contributed by atoms with Crippen LogP contribution in [0.15, 0.2) is 27.6 Å². The Hall–Kier alpha value is -0.630. The highest BCUT2D eigenvalue weighted by Gasteiger charge is 2.16. The Bertz CT molecular complexity index is 573. The fourth-order valence-electron chi connectivity index (χ4n) is 1.34. The molecule has 1 aromatic carbocycles. The van der Waals surface area contributed by atoms with Crippen LogP contribution in [-0.2, 0) is 18.5 Å². The summed E-state index contributed by atoms with van der Waals surface area (Å²) in [5.41, 5.74) is 0.106. The molecule has 5 nitrogen and oxygen atoms in total. The van der Waals surface area contributed by atoms with E-state index in [4.69, 9.17) is 20.2 Å². The van der Waals surface area contributed by atoms with Crippen LogP contribution < -0.4 is 0 Å². The Morgan fingerprint density at radius 3 is 2.55 bits per heavy atom. The summed E-state index contributed by atoms with van der Waals surface area (Å²) in [6.07, 6.45) is 0.885. The second-order valence-corrected chi connectivity index (χ2v) is 7.34. The van der Waals surface area contributed by atoms with Gasteiger partial charge in [0.2, 0.25) is 0 Å². The molecule has 1 rings (SSSR count). The lowest BCUT2D eigenvalue weighted by Gasteiger charge is -2.07. The van der Waals surface area contributed by atoms with Crippen LogP contribution in [0.1, 0.15) is 23.7 Å². The molecule has 0 amide bonds. The maximum absolute atomic E-state index is 11.8. The van der Waals surface area contributed by atoms with E-state index in [0.717, 1.165) is 6.42 Å². The van der Waals surface area contributed by atoms with E-state index in [1.807, 2.05) is 6.92 Å². The van der Waals surface area contributed by atoms with Crippen molar-refractivity contribution in [2.24, 2.45) is 0 Å². The van der Waals surface area contributed by atoms with Gasteiger partial charge < -0.3 is 9.47 Å². The highest BCUT2D eigenvalue weighted by Crippen LogP contribution is 2.22. The smallest absolute Gasteiger partial charge is 0.338 e. The summed E-state index contributed by atoms with van der Waals surface area (Å²) in [7, 11) is 1.34. The highest BCUT2D eigenvalue weighted by molar-refractivity contribution is 9.10. The van der Waals surface area contributed by atoms with E-state index < -0.39 is 15.0 Å². The van der Waals surface area contributed by atoms with Crippen molar-refractivity contribution in [3.05, 3.63) is 28.2 Å². The average molecular weight is 386 g/mol. The molecular weight excluding hydrogens is 372 g/mol. The van der Waals surface area contributed by atoms with Gasteiger partial charge in [0.1, 0.15) is 6.61 Å². The van der Waals surface area contributed by atoms with E-state index >= 15 is 0 Å². The Kier molecular flexibility index (Phi) is 6.94. The standard InChI is InChI=1S/C12H14BrClO5S/c1-2-3-18-4-5-19-12(15)9-6-10(13)8-11(7-9)20(14,16)17/h6-8H,2-5H2,1H3. The van der Waals surface area contributed by atoms with Crippen molar-refractivity contribution in [2.75, 3.05) is 19.8 Å². The zero-order valence-electron chi connectivity index (χ0n) is 10.8. The second kappa shape index (κ2) is 7.97. The molecule has 0 saturated carbocycles. The van der Waals surface area contributed by atoms with E-state index in [-0.39, 0.29) is 17.1 Å². The van der Waals surface area contributed by atoms with Crippen LogP contribution >= 0.6 is 26.6 Å². The zero-order valence-corrected chi connectivity index (χ0v) is 13.9. The third-order valence-electron chi connectivity index (χ3n) is 2.20. The number of halogens is 2. The molecule has 112 valence electrons. The molecular formula is C12H14BrClO5S. The maximum atomic E-state index is 11.8. The number of carbonyl (C=O) groups excluding carboxylic acids is 1. The fraction of sp³-hybridized carbons (Fsp3) is 0.417. The predicted octanol–water partition coefficient (Wildman–Crippen LogP) is 2.96. The normalized spacial score (nSPS) is 11.3. The summed E-state index contributed by atoms with van der Waals surface area (Å²) >= 11 is 3.12. The minimum absolute atomic E-state index is 0.105. The molecule has 0 heterocycles. The summed E-state index contributed by atoms with van der Waals surface area (Å²) in [6, 6.07) is 3.94. The van der Waals surface area contributed by atoms with Gasteiger partial charge in [-0.2, -0.15) is 0 Å². The van der Waals surface area contributed by atoms with Crippen LogP contribution in [0.5, 0.6) is 0 Å². The molecule has 0 aliphatic carbocycles. The molecule has 0 saturated heterocycles. The third-order valence-corrected chi connectivity index (χ3v) is 3.99. The van der Waals surface area contributed by atoms with E-state index in [9.17, 15) is 13.2 Å². The third kappa shape index (κ3) is 5.78. The zero-order chi connectivity index (χ0) is 15.2. The number of esters is 1. The molecule has 0 N–H and O–H groups in total. The van der Waals surface area contributed by atoms with Gasteiger partial charge >= 0.3 is 5.97 Å². The van der Waals surface area contributed by atoms with Crippen molar-refractivity contribution in [1.29, 1.82) is 0 Å². The number of ether oxygens (including phenoxy) is 2. The first-order valence-corrected chi connectivity index (χ1v) is 8.95. The van der Waals surface area contributed by atoms with Gasteiger partial charge in [-0.15, -0.1) is 0 Å². The molecule has 0 fully saturated rings. The van der Waals surface area contributed by atoms with E-state index in [1.165, 1.54) is 18.2 Å². The van der Waals surface area contributed by atoms with Crippen molar-refractivity contribution in [1.82, 2.24) is 0 Å². The van der Waals surface area contributed by atoms with Gasteiger partial charge in [0.25, 0.3) is 9.05 Å². The van der Waals surface area contributed by atoms with Gasteiger partial charge in [0.05, 0.1) is 17.1 Å². The summed E-state index contributed by atoms with van der Waals surface area (Å²) in [6.45, 7) is 2.98. The molecule has 0 unspecified atom stereocenters. The molecule has 8 heteroatoms. The van der Waals surface area contributed by atoms with Crippen LogP contribution in [0.25, 0.3) is 0 Å². The monoisotopic (exact) mass is 384 g/mol. The minimum atomic E-state index is -3.90. The molecule has 0 radical (unpaired) electrons. The van der Waals surface area contributed by atoms with Crippen molar-refractivity contribution >= 4 is 41.6 Å². The van der Waals surface area contributed by atoms with Gasteiger partial charge in [-0.1, -0.05) is 22.9 Å². The number of hydrogen-bond acceptors (Lipinski definition) is 5. The molecule has 0 spiro atoms. The minimum Gasteiger partial charge on any atom is -0.460 e. The quantitative estimate of drug-likeness (QED) is 0.410. The molecule has 0 aliphatic heterocycles. The Morgan fingerprint density at radius 2 is 1.95 bits per heavy atom. The van der Waals surface area contributed by atoms with Gasteiger partial charge in [0.15, 0.2) is 0 Å². The maximum Gasteiger partial charge on any atom is 0.338 e. The van der Waals surface area contributed by atoms with Crippen LogP contribution in [0.3, 0.4) is 0 Å². The summed E-state index contributed by atoms with van der Waals surface area (Å²) < 4.78 is 33.1.